The van der Waals surface area contributed by atoms with Gasteiger partial charge >= 0.3 is 5.97 Å². The first-order valence-electron chi connectivity index (χ1n) is 7.46. The molecule has 0 saturated heterocycles. The van der Waals surface area contributed by atoms with E-state index in [9.17, 15) is 4.79 Å². The summed E-state index contributed by atoms with van der Waals surface area (Å²) in [5.41, 5.74) is 2.73. The molecule has 0 spiro atoms. The molecule has 3 rings (SSSR count). The largest absolute Gasteiger partial charge is 0.474 e. The number of esters is 1. The summed E-state index contributed by atoms with van der Waals surface area (Å²) in [4.78, 5) is 12.4. The van der Waals surface area contributed by atoms with E-state index < -0.39 is 5.97 Å². The van der Waals surface area contributed by atoms with Crippen LogP contribution >= 0.6 is 0 Å². The summed E-state index contributed by atoms with van der Waals surface area (Å²) in [5, 5.41) is 8.81. The lowest BCUT2D eigenvalue weighted by Gasteiger charge is -2.21. The topological polar surface area (TPSA) is 71.2 Å². The summed E-state index contributed by atoms with van der Waals surface area (Å²) >= 11 is 0. The number of hydrogen-bond acceptors (Lipinski definition) is 5. The third kappa shape index (κ3) is 2.26. The van der Waals surface area contributed by atoms with Gasteiger partial charge in [0.05, 0.1) is 18.9 Å². The predicted octanol–water partition coefficient (Wildman–Crippen LogP) is 1.94. The van der Waals surface area contributed by atoms with Crippen LogP contribution in [0.15, 0.2) is 6.20 Å². The Morgan fingerprint density at radius 1 is 1.55 bits per heavy atom. The number of aromatic nitrogens is 4. The van der Waals surface area contributed by atoms with Crippen molar-refractivity contribution >= 4 is 5.97 Å². The predicted molar refractivity (Wildman–Crippen MR) is 79.8 cm³/mol. The van der Waals surface area contributed by atoms with E-state index in [1.165, 1.54) is 0 Å². The highest BCUT2D eigenvalue weighted by atomic mass is 16.5. The number of rotatable bonds is 3. The van der Waals surface area contributed by atoms with Crippen LogP contribution in [0.1, 0.15) is 36.3 Å². The molecule has 0 bridgehead atoms. The Bertz CT molecular complexity index is 717. The molecule has 0 amide bonds. The summed E-state index contributed by atoms with van der Waals surface area (Å²) in [6, 6.07) is 0. The number of nitrogens with zero attached hydrogens (tertiary/aromatic N) is 4. The molecule has 7 nitrogen and oxygen atoms in total. The Hall–Kier alpha value is -2.31. The van der Waals surface area contributed by atoms with Crippen LogP contribution in [-0.2, 0) is 18.3 Å². The maximum Gasteiger partial charge on any atom is 0.345 e. The summed E-state index contributed by atoms with van der Waals surface area (Å²) < 4.78 is 14.5. The molecule has 0 unspecified atom stereocenters. The quantitative estimate of drug-likeness (QED) is 0.810. The molecule has 118 valence electrons. The molecular weight excluding hydrogens is 284 g/mol. The Morgan fingerprint density at radius 3 is 2.95 bits per heavy atom. The lowest BCUT2D eigenvalue weighted by molar-refractivity contribution is 0.0515. The molecule has 3 heterocycles. The first-order valence-corrected chi connectivity index (χ1v) is 7.46. The van der Waals surface area contributed by atoms with E-state index in [0.717, 1.165) is 24.2 Å². The van der Waals surface area contributed by atoms with Gasteiger partial charge in [-0.25, -0.2) is 9.48 Å². The molecule has 0 radical (unpaired) electrons. The molecule has 1 atom stereocenters. The zero-order valence-corrected chi connectivity index (χ0v) is 13.3. The van der Waals surface area contributed by atoms with Crippen LogP contribution < -0.4 is 4.74 Å². The minimum Gasteiger partial charge on any atom is -0.474 e. The van der Waals surface area contributed by atoms with Crippen LogP contribution in [0.4, 0.5) is 0 Å². The second kappa shape index (κ2) is 5.47. The zero-order valence-electron chi connectivity index (χ0n) is 13.3. The fraction of sp³-hybridized carbons (Fsp3) is 0.533. The highest BCUT2D eigenvalue weighted by Crippen LogP contribution is 2.35. The van der Waals surface area contributed by atoms with Crippen LogP contribution in [-0.4, -0.2) is 38.2 Å². The van der Waals surface area contributed by atoms with Gasteiger partial charge in [0.15, 0.2) is 0 Å². The monoisotopic (exact) mass is 304 g/mol. The van der Waals surface area contributed by atoms with E-state index in [1.807, 2.05) is 20.9 Å². The molecule has 1 aliphatic heterocycles. The van der Waals surface area contributed by atoms with Crippen molar-refractivity contribution in [2.24, 2.45) is 7.05 Å². The number of hydrogen-bond donors (Lipinski definition) is 0. The molecule has 0 fully saturated rings. The molecule has 0 aliphatic carbocycles. The average Bonchev–Trinajstić information content (AvgIpc) is 3.00. The van der Waals surface area contributed by atoms with Gasteiger partial charge < -0.3 is 9.47 Å². The summed E-state index contributed by atoms with van der Waals surface area (Å²) in [7, 11) is 1.86. The van der Waals surface area contributed by atoms with E-state index in [0.29, 0.717) is 23.7 Å². The van der Waals surface area contributed by atoms with Gasteiger partial charge in [-0.05, 0) is 20.8 Å². The van der Waals surface area contributed by atoms with E-state index in [-0.39, 0.29) is 6.10 Å². The minimum absolute atomic E-state index is 0.0558. The van der Waals surface area contributed by atoms with Crippen molar-refractivity contribution in [1.82, 2.24) is 19.6 Å². The smallest absolute Gasteiger partial charge is 0.345 e. The van der Waals surface area contributed by atoms with E-state index in [4.69, 9.17) is 9.47 Å². The van der Waals surface area contributed by atoms with Crippen LogP contribution in [0.5, 0.6) is 5.88 Å². The number of carbonyl (C=O) groups is 1. The van der Waals surface area contributed by atoms with Gasteiger partial charge in [-0.2, -0.15) is 10.2 Å². The van der Waals surface area contributed by atoms with Crippen molar-refractivity contribution in [1.29, 1.82) is 0 Å². The molecular formula is C15H20N4O3. The third-order valence-electron chi connectivity index (χ3n) is 3.94. The van der Waals surface area contributed by atoms with Crippen LogP contribution in [0.2, 0.25) is 0 Å². The summed E-state index contributed by atoms with van der Waals surface area (Å²) in [6.45, 7) is 6.75. The van der Waals surface area contributed by atoms with Gasteiger partial charge in [0.2, 0.25) is 5.88 Å². The fourth-order valence-corrected chi connectivity index (χ4v) is 2.58. The number of ether oxygens (including phenoxy) is 2. The number of aryl methyl sites for hydroxylation is 2. The molecule has 2 aromatic heterocycles. The van der Waals surface area contributed by atoms with Gasteiger partial charge in [-0.3, -0.25) is 4.68 Å². The first-order chi connectivity index (χ1) is 10.5. The van der Waals surface area contributed by atoms with Crippen molar-refractivity contribution < 1.29 is 14.3 Å². The molecule has 7 heteroatoms. The summed E-state index contributed by atoms with van der Waals surface area (Å²) in [5.74, 6) is 0.0894. The fourth-order valence-electron chi connectivity index (χ4n) is 2.58. The van der Waals surface area contributed by atoms with Gasteiger partial charge in [-0.1, -0.05) is 0 Å². The summed E-state index contributed by atoms with van der Waals surface area (Å²) in [6.07, 6.45) is 2.64. The van der Waals surface area contributed by atoms with Gasteiger partial charge in [-0.15, -0.1) is 0 Å². The van der Waals surface area contributed by atoms with Crippen LogP contribution in [0.3, 0.4) is 0 Å². The maximum absolute atomic E-state index is 12.4. The lowest BCUT2D eigenvalue weighted by Crippen LogP contribution is -2.24. The standard InChI is InChI=1S/C15H20N4O3/c1-5-21-15(20)12-13(11-8-16-18(4)10(11)3)17-19-7-6-9(2)22-14(12)19/h8-9H,5-7H2,1-4H3/t9-/m1/s1. The molecule has 2 aromatic rings. The lowest BCUT2D eigenvalue weighted by atomic mass is 10.1. The highest BCUT2D eigenvalue weighted by Gasteiger charge is 2.32. The number of fused-ring (bicyclic) bond motifs is 1. The Kier molecular flexibility index (Phi) is 3.64. The Balaban J connectivity index is 2.17. The van der Waals surface area contributed by atoms with Crippen molar-refractivity contribution in [3.05, 3.63) is 17.5 Å². The second-order valence-electron chi connectivity index (χ2n) is 5.46. The SMILES string of the molecule is CCOC(=O)c1c(-c2cnn(C)c2C)nn2c1O[C@H](C)CC2. The van der Waals surface area contributed by atoms with Crippen molar-refractivity contribution in [2.75, 3.05) is 6.61 Å². The highest BCUT2D eigenvalue weighted by molar-refractivity contribution is 5.99. The molecule has 0 aromatic carbocycles. The molecule has 22 heavy (non-hydrogen) atoms. The maximum atomic E-state index is 12.4. The minimum atomic E-state index is -0.406. The van der Waals surface area contributed by atoms with Gasteiger partial charge in [0.1, 0.15) is 11.3 Å². The Morgan fingerprint density at radius 2 is 2.32 bits per heavy atom. The normalized spacial score (nSPS) is 17.0. The first kappa shape index (κ1) is 14.6. The van der Waals surface area contributed by atoms with E-state index in [1.54, 1.807) is 22.5 Å². The second-order valence-corrected chi connectivity index (χ2v) is 5.46. The molecule has 0 saturated carbocycles. The van der Waals surface area contributed by atoms with Gasteiger partial charge in [0, 0.05) is 31.3 Å². The molecule has 1 aliphatic rings. The molecule has 0 N–H and O–H groups in total. The van der Waals surface area contributed by atoms with E-state index in [2.05, 4.69) is 10.2 Å². The average molecular weight is 304 g/mol. The van der Waals surface area contributed by atoms with E-state index >= 15 is 0 Å². The zero-order chi connectivity index (χ0) is 15.9. The Labute approximate surface area is 128 Å². The van der Waals surface area contributed by atoms with Crippen molar-refractivity contribution in [2.45, 2.75) is 39.8 Å². The van der Waals surface area contributed by atoms with Crippen molar-refractivity contribution in [3.8, 4) is 17.1 Å². The van der Waals surface area contributed by atoms with Gasteiger partial charge in [0.25, 0.3) is 0 Å². The van der Waals surface area contributed by atoms with Crippen molar-refractivity contribution in [3.63, 3.8) is 0 Å². The van der Waals surface area contributed by atoms with Crippen LogP contribution in [0.25, 0.3) is 11.3 Å². The third-order valence-corrected chi connectivity index (χ3v) is 3.94. The van der Waals surface area contributed by atoms with Crippen LogP contribution in [0, 0.1) is 6.92 Å². The number of carbonyl (C=O) groups excluding carboxylic acids is 1.